The van der Waals surface area contributed by atoms with Gasteiger partial charge >= 0.3 is 0 Å². The van der Waals surface area contributed by atoms with Crippen molar-refractivity contribution in [1.29, 1.82) is 0 Å². The molecule has 1 heterocycles. The van der Waals surface area contributed by atoms with Gasteiger partial charge in [0.2, 0.25) is 10.0 Å². The number of anilines is 2. The summed E-state index contributed by atoms with van der Waals surface area (Å²) < 4.78 is 24.0. The largest absolute Gasteiger partial charge is 0.369 e. The molecule has 1 aromatic heterocycles. The molecule has 5 N–H and O–H groups in total. The average molecular weight is 260 g/mol. The van der Waals surface area contributed by atoms with Crippen LogP contribution in [0.4, 0.5) is 11.6 Å². The Labute approximate surface area is 100 Å². The summed E-state index contributed by atoms with van der Waals surface area (Å²) in [6, 6.07) is 1.63. The van der Waals surface area contributed by atoms with Crippen molar-refractivity contribution in [3.05, 3.63) is 11.9 Å². The lowest BCUT2D eigenvalue weighted by Crippen LogP contribution is -2.27. The van der Waals surface area contributed by atoms with Gasteiger partial charge in [0.25, 0.3) is 0 Å². The molecule has 0 aliphatic carbocycles. The highest BCUT2D eigenvalue weighted by molar-refractivity contribution is 7.88. The summed E-state index contributed by atoms with van der Waals surface area (Å²) in [7, 11) is -3.15. The van der Waals surface area contributed by atoms with Gasteiger partial charge in [-0.05, 0) is 6.92 Å². The molecule has 0 fully saturated rings. The fraction of sp³-hybridized carbons (Fsp3) is 0.500. The third-order valence-electron chi connectivity index (χ3n) is 1.78. The lowest BCUT2D eigenvalue weighted by atomic mass is 10.5. The summed E-state index contributed by atoms with van der Waals surface area (Å²) in [6.45, 7) is 2.45. The molecule has 0 bridgehead atoms. The molecule has 0 saturated heterocycles. The Morgan fingerprint density at radius 1 is 1.29 bits per heavy atom. The van der Waals surface area contributed by atoms with Gasteiger partial charge in [0.1, 0.15) is 17.5 Å². The monoisotopic (exact) mass is 260 g/mol. The summed E-state index contributed by atoms with van der Waals surface area (Å²) >= 11 is 0. The maximum Gasteiger partial charge on any atom is 0.208 e. The highest BCUT2D eigenvalue weighted by atomic mass is 32.2. The normalized spacial score (nSPS) is 11.2. The molecule has 1 aromatic rings. The zero-order valence-corrected chi connectivity index (χ0v) is 10.5. The number of rotatable bonds is 6. The second-order valence-corrected chi connectivity index (χ2v) is 5.26. The number of nitrogens with one attached hydrogen (secondary N) is 3. The van der Waals surface area contributed by atoms with Crippen molar-refractivity contribution in [2.24, 2.45) is 5.84 Å². The lowest BCUT2D eigenvalue weighted by molar-refractivity contribution is 0.589. The molecule has 0 unspecified atom stereocenters. The van der Waals surface area contributed by atoms with Crippen molar-refractivity contribution in [1.82, 2.24) is 14.7 Å². The van der Waals surface area contributed by atoms with E-state index in [4.69, 9.17) is 5.84 Å². The summed E-state index contributed by atoms with van der Waals surface area (Å²) in [4.78, 5) is 8.14. The summed E-state index contributed by atoms with van der Waals surface area (Å²) in [5, 5.41) is 2.96. The Bertz CT molecular complexity index is 475. The highest BCUT2D eigenvalue weighted by Gasteiger charge is 2.01. The van der Waals surface area contributed by atoms with Gasteiger partial charge in [0.15, 0.2) is 0 Å². The second-order valence-electron chi connectivity index (χ2n) is 3.42. The zero-order chi connectivity index (χ0) is 12.9. The first-order chi connectivity index (χ1) is 7.90. The molecule has 0 aliphatic rings. The third-order valence-corrected chi connectivity index (χ3v) is 2.51. The number of aromatic nitrogens is 2. The Hall–Kier alpha value is -1.45. The van der Waals surface area contributed by atoms with Crippen LogP contribution in [0.2, 0.25) is 0 Å². The number of aryl methyl sites for hydroxylation is 1. The lowest BCUT2D eigenvalue weighted by Gasteiger charge is -2.08. The summed E-state index contributed by atoms with van der Waals surface area (Å²) in [5.41, 5.74) is 2.42. The zero-order valence-electron chi connectivity index (χ0n) is 9.69. The van der Waals surface area contributed by atoms with Gasteiger partial charge in [-0.15, -0.1) is 0 Å². The molecule has 0 aromatic carbocycles. The van der Waals surface area contributed by atoms with E-state index in [0.717, 1.165) is 6.26 Å². The Morgan fingerprint density at radius 2 is 1.94 bits per heavy atom. The number of sulfonamides is 1. The first-order valence-corrected chi connectivity index (χ1v) is 6.80. The van der Waals surface area contributed by atoms with Gasteiger partial charge in [-0.1, -0.05) is 0 Å². The van der Waals surface area contributed by atoms with Crippen LogP contribution in [-0.2, 0) is 10.0 Å². The number of nitrogens with two attached hydrogens (primary N) is 1. The molecule has 1 rings (SSSR count). The maximum absolute atomic E-state index is 10.8. The van der Waals surface area contributed by atoms with E-state index in [2.05, 4.69) is 25.4 Å². The highest BCUT2D eigenvalue weighted by Crippen LogP contribution is 2.08. The van der Waals surface area contributed by atoms with Crippen LogP contribution in [0, 0.1) is 6.92 Å². The van der Waals surface area contributed by atoms with Gasteiger partial charge in [0, 0.05) is 19.2 Å². The molecule has 0 radical (unpaired) electrons. The second kappa shape index (κ2) is 5.75. The number of hydrogen-bond acceptors (Lipinski definition) is 7. The average Bonchev–Trinajstić information content (AvgIpc) is 2.22. The molecular formula is C8H16N6O2S. The van der Waals surface area contributed by atoms with Crippen LogP contribution in [0.5, 0.6) is 0 Å². The van der Waals surface area contributed by atoms with E-state index in [9.17, 15) is 8.42 Å². The Morgan fingerprint density at radius 3 is 2.53 bits per heavy atom. The predicted molar refractivity (Wildman–Crippen MR) is 65.9 cm³/mol. The fourth-order valence-electron chi connectivity index (χ4n) is 1.16. The van der Waals surface area contributed by atoms with E-state index < -0.39 is 10.0 Å². The van der Waals surface area contributed by atoms with Gasteiger partial charge in [-0.3, -0.25) is 0 Å². The first-order valence-electron chi connectivity index (χ1n) is 4.91. The number of hydrazine groups is 1. The fourth-order valence-corrected chi connectivity index (χ4v) is 1.63. The summed E-state index contributed by atoms with van der Waals surface area (Å²) in [5.74, 6) is 6.89. The van der Waals surface area contributed by atoms with Crippen molar-refractivity contribution >= 4 is 21.7 Å². The molecule has 8 nitrogen and oxygen atoms in total. The molecule has 0 atom stereocenters. The van der Waals surface area contributed by atoms with Crippen molar-refractivity contribution < 1.29 is 8.42 Å². The van der Waals surface area contributed by atoms with E-state index in [1.54, 1.807) is 13.0 Å². The van der Waals surface area contributed by atoms with Crippen LogP contribution in [0.3, 0.4) is 0 Å². The van der Waals surface area contributed by atoms with Crippen LogP contribution in [0.25, 0.3) is 0 Å². The van der Waals surface area contributed by atoms with E-state index in [1.165, 1.54) is 0 Å². The number of hydrogen-bond donors (Lipinski definition) is 4. The molecule has 96 valence electrons. The number of nitrogens with zero attached hydrogens (tertiary/aromatic N) is 2. The van der Waals surface area contributed by atoms with Crippen molar-refractivity contribution in [2.45, 2.75) is 6.92 Å². The molecule has 0 amide bonds. The van der Waals surface area contributed by atoms with Gasteiger partial charge in [0.05, 0.1) is 6.26 Å². The minimum absolute atomic E-state index is 0.285. The van der Waals surface area contributed by atoms with Gasteiger partial charge in [-0.25, -0.2) is 29.0 Å². The van der Waals surface area contributed by atoms with Crippen molar-refractivity contribution in [2.75, 3.05) is 30.1 Å². The van der Waals surface area contributed by atoms with Crippen molar-refractivity contribution in [3.8, 4) is 0 Å². The predicted octanol–water partition coefficient (Wildman–Crippen LogP) is -0.968. The van der Waals surface area contributed by atoms with Crippen LogP contribution in [0.15, 0.2) is 6.07 Å². The van der Waals surface area contributed by atoms with E-state index in [0.29, 0.717) is 24.0 Å². The number of nitrogen functional groups attached to an aromatic ring is 1. The van der Waals surface area contributed by atoms with Crippen molar-refractivity contribution in [3.63, 3.8) is 0 Å². The van der Waals surface area contributed by atoms with E-state index in [-0.39, 0.29) is 6.54 Å². The third kappa shape index (κ3) is 5.43. The van der Waals surface area contributed by atoms with Crippen LogP contribution in [-0.4, -0.2) is 37.7 Å². The summed E-state index contributed by atoms with van der Waals surface area (Å²) in [6.07, 6.45) is 1.11. The standard InChI is InChI=1S/C8H16N6O2S/c1-6-12-7(5-8(13-6)14-9)10-3-4-11-17(2,15)16/h5,11H,3-4,9H2,1-2H3,(H2,10,12,13,14). The maximum atomic E-state index is 10.8. The molecular weight excluding hydrogens is 244 g/mol. The van der Waals surface area contributed by atoms with Crippen LogP contribution < -0.4 is 21.3 Å². The Balaban J connectivity index is 2.49. The molecule has 17 heavy (non-hydrogen) atoms. The van der Waals surface area contributed by atoms with E-state index in [1.807, 2.05) is 0 Å². The smallest absolute Gasteiger partial charge is 0.208 e. The SMILES string of the molecule is Cc1nc(NN)cc(NCCNS(C)(=O)=O)n1. The minimum Gasteiger partial charge on any atom is -0.369 e. The van der Waals surface area contributed by atoms with Gasteiger partial charge < -0.3 is 10.7 Å². The molecule has 0 aliphatic heterocycles. The quantitative estimate of drug-likeness (QED) is 0.295. The van der Waals surface area contributed by atoms with E-state index >= 15 is 0 Å². The Kier molecular flexibility index (Phi) is 4.61. The van der Waals surface area contributed by atoms with Crippen LogP contribution >= 0.6 is 0 Å². The molecule has 0 spiro atoms. The first kappa shape index (κ1) is 13.6. The molecule has 0 saturated carbocycles. The van der Waals surface area contributed by atoms with Crippen LogP contribution in [0.1, 0.15) is 5.82 Å². The van der Waals surface area contributed by atoms with Gasteiger partial charge in [-0.2, -0.15) is 0 Å². The molecule has 9 heteroatoms. The minimum atomic E-state index is -3.15. The topological polar surface area (TPSA) is 122 Å².